The van der Waals surface area contributed by atoms with Crippen LogP contribution in [0.25, 0.3) is 0 Å². The van der Waals surface area contributed by atoms with Gasteiger partial charge in [-0.25, -0.2) is 13.4 Å². The van der Waals surface area contributed by atoms with Crippen LogP contribution >= 0.6 is 15.9 Å². The van der Waals surface area contributed by atoms with E-state index in [0.29, 0.717) is 10.2 Å². The van der Waals surface area contributed by atoms with E-state index < -0.39 is 9.84 Å². The standard InChI is InChI=1S/C10H13BrN2O3S/c1-13(6-7-17(2,15)16)10(14)8-4-3-5-12-9(8)11/h3-5H,6-7H2,1-2H3. The molecule has 0 fully saturated rings. The predicted molar refractivity (Wildman–Crippen MR) is 68.6 cm³/mol. The Morgan fingerprint density at radius 1 is 1.53 bits per heavy atom. The Labute approximate surface area is 109 Å². The number of hydrogen-bond acceptors (Lipinski definition) is 4. The predicted octanol–water partition coefficient (Wildman–Crippen LogP) is 0.961. The second kappa shape index (κ2) is 5.59. The number of pyridine rings is 1. The van der Waals surface area contributed by atoms with Gasteiger partial charge in [0.25, 0.3) is 5.91 Å². The molecule has 17 heavy (non-hydrogen) atoms. The van der Waals surface area contributed by atoms with Crippen LogP contribution in [0.3, 0.4) is 0 Å². The minimum Gasteiger partial charge on any atom is -0.341 e. The van der Waals surface area contributed by atoms with Crippen molar-refractivity contribution in [2.24, 2.45) is 0 Å². The number of aromatic nitrogens is 1. The van der Waals surface area contributed by atoms with Crippen LogP contribution < -0.4 is 0 Å². The zero-order chi connectivity index (χ0) is 13.1. The maximum atomic E-state index is 11.9. The average molecular weight is 321 g/mol. The van der Waals surface area contributed by atoms with Crippen molar-refractivity contribution in [1.82, 2.24) is 9.88 Å². The molecule has 0 spiro atoms. The molecule has 0 saturated heterocycles. The van der Waals surface area contributed by atoms with E-state index in [4.69, 9.17) is 0 Å². The van der Waals surface area contributed by atoms with Gasteiger partial charge in [-0.15, -0.1) is 0 Å². The van der Waals surface area contributed by atoms with Crippen LogP contribution in [-0.4, -0.2) is 49.8 Å². The lowest BCUT2D eigenvalue weighted by molar-refractivity contribution is 0.0802. The largest absolute Gasteiger partial charge is 0.341 e. The normalized spacial score (nSPS) is 11.2. The molecule has 7 heteroatoms. The molecule has 1 heterocycles. The van der Waals surface area contributed by atoms with Gasteiger partial charge in [0.2, 0.25) is 0 Å². The Bertz CT molecular complexity index is 516. The van der Waals surface area contributed by atoms with Gasteiger partial charge in [0.15, 0.2) is 0 Å². The minimum atomic E-state index is -3.07. The fourth-order valence-electron chi connectivity index (χ4n) is 1.16. The zero-order valence-corrected chi connectivity index (χ0v) is 12.0. The van der Waals surface area contributed by atoms with Crippen molar-refractivity contribution in [3.05, 3.63) is 28.5 Å². The smallest absolute Gasteiger partial charge is 0.256 e. The van der Waals surface area contributed by atoms with Crippen molar-refractivity contribution in [2.45, 2.75) is 0 Å². The highest BCUT2D eigenvalue weighted by Gasteiger charge is 2.16. The van der Waals surface area contributed by atoms with Crippen molar-refractivity contribution in [2.75, 3.05) is 25.6 Å². The average Bonchev–Trinajstić information content (AvgIpc) is 2.24. The van der Waals surface area contributed by atoms with Gasteiger partial charge >= 0.3 is 0 Å². The number of carbonyl (C=O) groups is 1. The van der Waals surface area contributed by atoms with Gasteiger partial charge in [-0.3, -0.25) is 4.79 Å². The van der Waals surface area contributed by atoms with Gasteiger partial charge in [-0.05, 0) is 28.1 Å². The van der Waals surface area contributed by atoms with E-state index in [0.717, 1.165) is 6.26 Å². The Hall–Kier alpha value is -0.950. The number of halogens is 1. The summed E-state index contributed by atoms with van der Waals surface area (Å²) >= 11 is 3.18. The van der Waals surface area contributed by atoms with Gasteiger partial charge < -0.3 is 4.90 Å². The summed E-state index contributed by atoms with van der Waals surface area (Å²) in [7, 11) is -1.50. The minimum absolute atomic E-state index is 0.0485. The number of nitrogens with zero attached hydrogens (tertiary/aromatic N) is 2. The van der Waals surface area contributed by atoms with Crippen LogP contribution in [0.2, 0.25) is 0 Å². The molecule has 1 amide bonds. The second-order valence-electron chi connectivity index (χ2n) is 3.70. The first-order valence-electron chi connectivity index (χ1n) is 4.85. The van der Waals surface area contributed by atoms with E-state index in [2.05, 4.69) is 20.9 Å². The van der Waals surface area contributed by atoms with Crippen molar-refractivity contribution >= 4 is 31.7 Å². The van der Waals surface area contributed by atoms with E-state index >= 15 is 0 Å². The highest BCUT2D eigenvalue weighted by atomic mass is 79.9. The summed E-state index contributed by atoms with van der Waals surface area (Å²) in [6, 6.07) is 3.29. The molecule has 0 atom stereocenters. The van der Waals surface area contributed by atoms with Gasteiger partial charge in [0.05, 0.1) is 11.3 Å². The molecule has 0 N–H and O–H groups in total. The third kappa shape index (κ3) is 4.43. The summed E-state index contributed by atoms with van der Waals surface area (Å²) in [6.45, 7) is 0.166. The summed E-state index contributed by atoms with van der Waals surface area (Å²) in [4.78, 5) is 17.2. The third-order valence-corrected chi connectivity index (χ3v) is 3.69. The maximum Gasteiger partial charge on any atom is 0.256 e. The molecule has 0 saturated carbocycles. The lowest BCUT2D eigenvalue weighted by Gasteiger charge is -2.16. The number of sulfone groups is 1. The van der Waals surface area contributed by atoms with Crippen molar-refractivity contribution in [3.8, 4) is 0 Å². The first-order chi connectivity index (χ1) is 7.81. The van der Waals surface area contributed by atoms with Crippen LogP contribution in [0.4, 0.5) is 0 Å². The maximum absolute atomic E-state index is 11.9. The Balaban J connectivity index is 2.74. The lowest BCUT2D eigenvalue weighted by atomic mass is 10.2. The van der Waals surface area contributed by atoms with Crippen molar-refractivity contribution in [3.63, 3.8) is 0 Å². The molecule has 0 bridgehead atoms. The molecular weight excluding hydrogens is 308 g/mol. The van der Waals surface area contributed by atoms with E-state index in [9.17, 15) is 13.2 Å². The first kappa shape index (κ1) is 14.1. The fourth-order valence-corrected chi connectivity index (χ4v) is 2.18. The third-order valence-electron chi connectivity index (χ3n) is 2.13. The van der Waals surface area contributed by atoms with Crippen LogP contribution in [0, 0.1) is 0 Å². The molecule has 1 aromatic heterocycles. The highest BCUT2D eigenvalue weighted by Crippen LogP contribution is 2.14. The molecule has 0 unspecified atom stereocenters. The highest BCUT2D eigenvalue weighted by molar-refractivity contribution is 9.10. The molecule has 5 nitrogen and oxygen atoms in total. The number of rotatable bonds is 4. The Morgan fingerprint density at radius 3 is 2.71 bits per heavy atom. The van der Waals surface area contributed by atoms with E-state index in [1.807, 2.05) is 0 Å². The van der Waals surface area contributed by atoms with Crippen LogP contribution in [0.5, 0.6) is 0 Å². The van der Waals surface area contributed by atoms with Crippen LogP contribution in [-0.2, 0) is 9.84 Å². The molecule has 0 aromatic carbocycles. The van der Waals surface area contributed by atoms with Crippen molar-refractivity contribution in [1.29, 1.82) is 0 Å². The molecule has 0 aliphatic heterocycles. The number of hydrogen-bond donors (Lipinski definition) is 0. The molecule has 0 radical (unpaired) electrons. The Kier molecular flexibility index (Phi) is 4.64. The van der Waals surface area contributed by atoms with Crippen LogP contribution in [0.15, 0.2) is 22.9 Å². The van der Waals surface area contributed by atoms with E-state index in [-0.39, 0.29) is 18.2 Å². The molecule has 94 valence electrons. The summed E-state index contributed by atoms with van der Waals surface area (Å²) in [5.41, 5.74) is 0.420. The molecule has 0 aliphatic rings. The summed E-state index contributed by atoms with van der Waals surface area (Å²) in [5.74, 6) is -0.304. The Morgan fingerprint density at radius 2 is 2.18 bits per heavy atom. The fraction of sp³-hybridized carbons (Fsp3) is 0.400. The summed E-state index contributed by atoms with van der Waals surface area (Å²) in [5, 5.41) is 0. The molecule has 1 aromatic rings. The summed E-state index contributed by atoms with van der Waals surface area (Å²) in [6.07, 6.45) is 2.71. The zero-order valence-electron chi connectivity index (χ0n) is 9.55. The van der Waals surface area contributed by atoms with E-state index in [1.54, 1.807) is 25.4 Å². The second-order valence-corrected chi connectivity index (χ2v) is 6.71. The number of carbonyl (C=O) groups excluding carboxylic acids is 1. The number of amides is 1. The molecule has 0 aliphatic carbocycles. The monoisotopic (exact) mass is 320 g/mol. The van der Waals surface area contributed by atoms with E-state index in [1.165, 1.54) is 4.90 Å². The summed E-state index contributed by atoms with van der Waals surface area (Å²) < 4.78 is 22.5. The SMILES string of the molecule is CN(CCS(C)(=O)=O)C(=O)c1cccnc1Br. The van der Waals surface area contributed by atoms with Gasteiger partial charge in [0.1, 0.15) is 14.4 Å². The van der Waals surface area contributed by atoms with Gasteiger partial charge in [0, 0.05) is 26.0 Å². The molecule has 1 rings (SSSR count). The topological polar surface area (TPSA) is 67.3 Å². The molecular formula is C10H13BrN2O3S. The first-order valence-corrected chi connectivity index (χ1v) is 7.70. The van der Waals surface area contributed by atoms with Crippen LogP contribution in [0.1, 0.15) is 10.4 Å². The quantitative estimate of drug-likeness (QED) is 0.775. The van der Waals surface area contributed by atoms with Gasteiger partial charge in [-0.1, -0.05) is 0 Å². The lowest BCUT2D eigenvalue weighted by Crippen LogP contribution is -2.31. The van der Waals surface area contributed by atoms with Gasteiger partial charge in [-0.2, -0.15) is 0 Å². The van der Waals surface area contributed by atoms with Crippen molar-refractivity contribution < 1.29 is 13.2 Å².